The van der Waals surface area contributed by atoms with Crippen LogP contribution in [0.3, 0.4) is 0 Å². The van der Waals surface area contributed by atoms with Gasteiger partial charge < -0.3 is 19.5 Å². The summed E-state index contributed by atoms with van der Waals surface area (Å²) in [5.41, 5.74) is 0.714. The van der Waals surface area contributed by atoms with Gasteiger partial charge >= 0.3 is 0 Å². The van der Waals surface area contributed by atoms with Crippen molar-refractivity contribution in [1.29, 1.82) is 0 Å². The summed E-state index contributed by atoms with van der Waals surface area (Å²) in [6.45, 7) is 4.59. The van der Waals surface area contributed by atoms with Crippen LogP contribution in [0.1, 0.15) is 29.9 Å². The van der Waals surface area contributed by atoms with Gasteiger partial charge in [-0.1, -0.05) is 32.0 Å². The van der Waals surface area contributed by atoms with Crippen molar-refractivity contribution in [3.05, 3.63) is 58.0 Å². The first-order valence-corrected chi connectivity index (χ1v) is 9.96. The predicted molar refractivity (Wildman–Crippen MR) is 118 cm³/mol. The SMILES string of the molecule is COc1cc(OC)c(OC)cc1CNC(=O)c1nn(CC(C)C)c(=O)c2ccccc12. The molecule has 8 heteroatoms. The maximum Gasteiger partial charge on any atom is 0.274 e. The molecule has 0 atom stereocenters. The van der Waals surface area contributed by atoms with Crippen LogP contribution in [0.2, 0.25) is 0 Å². The molecule has 2 aromatic carbocycles. The zero-order valence-electron chi connectivity index (χ0n) is 18.4. The molecule has 3 aromatic rings. The molecule has 0 fully saturated rings. The molecule has 0 saturated carbocycles. The van der Waals surface area contributed by atoms with E-state index in [9.17, 15) is 9.59 Å². The standard InChI is InChI=1S/C23H27N3O5/c1-14(2)13-26-23(28)17-9-7-6-8-16(17)21(25-26)22(27)24-12-15-10-19(30-4)20(31-5)11-18(15)29-3/h6-11,14H,12-13H2,1-5H3,(H,24,27). The number of amides is 1. The third kappa shape index (κ3) is 4.63. The fraction of sp³-hybridized carbons (Fsp3) is 0.348. The summed E-state index contributed by atoms with van der Waals surface area (Å²) >= 11 is 0. The van der Waals surface area contributed by atoms with Gasteiger partial charge in [-0.25, -0.2) is 4.68 Å². The van der Waals surface area contributed by atoms with E-state index in [-0.39, 0.29) is 29.6 Å². The molecule has 164 valence electrons. The van der Waals surface area contributed by atoms with Gasteiger partial charge in [0.05, 0.1) is 26.7 Å². The molecule has 0 spiro atoms. The number of nitrogens with one attached hydrogen (secondary N) is 1. The minimum absolute atomic E-state index is 0.182. The highest BCUT2D eigenvalue weighted by atomic mass is 16.5. The van der Waals surface area contributed by atoms with Crippen LogP contribution in [-0.4, -0.2) is 37.0 Å². The lowest BCUT2D eigenvalue weighted by Gasteiger charge is -2.15. The molecule has 0 aliphatic carbocycles. The summed E-state index contributed by atoms with van der Waals surface area (Å²) < 4.78 is 17.4. The first-order chi connectivity index (χ1) is 14.9. The molecular weight excluding hydrogens is 398 g/mol. The van der Waals surface area contributed by atoms with Crippen molar-refractivity contribution >= 4 is 16.7 Å². The Balaban J connectivity index is 1.96. The van der Waals surface area contributed by atoms with E-state index < -0.39 is 0 Å². The van der Waals surface area contributed by atoms with Crippen LogP contribution in [0.15, 0.2) is 41.2 Å². The van der Waals surface area contributed by atoms with Crippen molar-refractivity contribution in [1.82, 2.24) is 15.1 Å². The predicted octanol–water partition coefficient (Wildman–Crippen LogP) is 3.01. The van der Waals surface area contributed by atoms with E-state index >= 15 is 0 Å². The van der Waals surface area contributed by atoms with Gasteiger partial charge in [0, 0.05) is 30.1 Å². The number of carbonyl (C=O) groups is 1. The number of hydrogen-bond acceptors (Lipinski definition) is 6. The number of aromatic nitrogens is 2. The summed E-state index contributed by atoms with van der Waals surface area (Å²) in [6.07, 6.45) is 0. The number of benzene rings is 2. The fourth-order valence-corrected chi connectivity index (χ4v) is 3.36. The van der Waals surface area contributed by atoms with Gasteiger partial charge in [-0.2, -0.15) is 5.10 Å². The molecule has 8 nitrogen and oxygen atoms in total. The van der Waals surface area contributed by atoms with E-state index in [2.05, 4.69) is 10.4 Å². The van der Waals surface area contributed by atoms with E-state index in [1.165, 1.54) is 4.68 Å². The highest BCUT2D eigenvalue weighted by Gasteiger charge is 2.18. The van der Waals surface area contributed by atoms with E-state index in [0.717, 1.165) is 0 Å². The molecule has 0 radical (unpaired) electrons. The second kappa shape index (κ2) is 9.51. The van der Waals surface area contributed by atoms with Crippen LogP contribution in [0.5, 0.6) is 17.2 Å². The fourth-order valence-electron chi connectivity index (χ4n) is 3.36. The summed E-state index contributed by atoms with van der Waals surface area (Å²) in [5.74, 6) is 1.44. The minimum atomic E-state index is -0.384. The molecule has 0 saturated heterocycles. The number of carbonyl (C=O) groups excluding carboxylic acids is 1. The molecule has 31 heavy (non-hydrogen) atoms. The van der Waals surface area contributed by atoms with Crippen LogP contribution >= 0.6 is 0 Å². The van der Waals surface area contributed by atoms with E-state index in [0.29, 0.717) is 40.1 Å². The zero-order chi connectivity index (χ0) is 22.5. The molecular formula is C23H27N3O5. The summed E-state index contributed by atoms with van der Waals surface area (Å²) in [7, 11) is 4.63. The molecule has 0 unspecified atom stereocenters. The topological polar surface area (TPSA) is 91.7 Å². The Hall–Kier alpha value is -3.55. The van der Waals surface area contributed by atoms with Crippen molar-refractivity contribution in [2.24, 2.45) is 5.92 Å². The van der Waals surface area contributed by atoms with E-state index in [1.54, 1.807) is 57.7 Å². The maximum absolute atomic E-state index is 13.1. The van der Waals surface area contributed by atoms with Crippen LogP contribution in [0.4, 0.5) is 0 Å². The average molecular weight is 425 g/mol. The van der Waals surface area contributed by atoms with Gasteiger partial charge in [0.1, 0.15) is 5.75 Å². The Morgan fingerprint density at radius 2 is 1.61 bits per heavy atom. The van der Waals surface area contributed by atoms with Gasteiger partial charge in [0.2, 0.25) is 0 Å². The lowest BCUT2D eigenvalue weighted by atomic mass is 10.1. The molecule has 0 bridgehead atoms. The first-order valence-electron chi connectivity index (χ1n) is 9.96. The lowest BCUT2D eigenvalue weighted by molar-refractivity contribution is 0.0944. The summed E-state index contributed by atoms with van der Waals surface area (Å²) in [6, 6.07) is 10.5. The van der Waals surface area contributed by atoms with E-state index in [4.69, 9.17) is 14.2 Å². The summed E-state index contributed by atoms with van der Waals surface area (Å²) in [4.78, 5) is 25.8. The monoisotopic (exact) mass is 425 g/mol. The Kier molecular flexibility index (Phi) is 6.79. The van der Waals surface area contributed by atoms with E-state index in [1.807, 2.05) is 13.8 Å². The third-order valence-electron chi connectivity index (χ3n) is 4.85. The molecule has 0 aliphatic heterocycles. The van der Waals surface area contributed by atoms with Crippen LogP contribution in [0.25, 0.3) is 10.8 Å². The first kappa shape index (κ1) is 22.1. The largest absolute Gasteiger partial charge is 0.496 e. The quantitative estimate of drug-likeness (QED) is 0.597. The Morgan fingerprint density at radius 1 is 1.00 bits per heavy atom. The van der Waals surface area contributed by atoms with Gasteiger partial charge in [-0.15, -0.1) is 0 Å². The molecule has 0 aliphatic rings. The van der Waals surface area contributed by atoms with Gasteiger partial charge in [-0.3, -0.25) is 9.59 Å². The normalized spacial score (nSPS) is 10.9. The van der Waals surface area contributed by atoms with Gasteiger partial charge in [0.25, 0.3) is 11.5 Å². The van der Waals surface area contributed by atoms with Crippen molar-refractivity contribution in [3.63, 3.8) is 0 Å². The average Bonchev–Trinajstić information content (AvgIpc) is 2.78. The second-order valence-corrected chi connectivity index (χ2v) is 7.48. The number of methoxy groups -OCH3 is 3. The van der Waals surface area contributed by atoms with Crippen LogP contribution in [-0.2, 0) is 13.1 Å². The van der Waals surface area contributed by atoms with Crippen molar-refractivity contribution in [2.45, 2.75) is 26.9 Å². The lowest BCUT2D eigenvalue weighted by Crippen LogP contribution is -2.31. The minimum Gasteiger partial charge on any atom is -0.496 e. The number of rotatable bonds is 8. The molecule has 1 amide bonds. The Bertz CT molecular complexity index is 1150. The molecule has 1 aromatic heterocycles. The highest BCUT2D eigenvalue weighted by molar-refractivity contribution is 6.04. The zero-order valence-corrected chi connectivity index (χ0v) is 18.4. The highest BCUT2D eigenvalue weighted by Crippen LogP contribution is 2.34. The number of nitrogens with zero attached hydrogens (tertiary/aromatic N) is 2. The van der Waals surface area contributed by atoms with Gasteiger partial charge in [-0.05, 0) is 18.1 Å². The smallest absolute Gasteiger partial charge is 0.274 e. The summed E-state index contributed by atoms with van der Waals surface area (Å²) in [5, 5.41) is 8.23. The van der Waals surface area contributed by atoms with Crippen LogP contribution in [0, 0.1) is 5.92 Å². The number of hydrogen-bond donors (Lipinski definition) is 1. The van der Waals surface area contributed by atoms with Crippen molar-refractivity contribution < 1.29 is 19.0 Å². The molecule has 1 N–H and O–H groups in total. The maximum atomic E-state index is 13.1. The number of ether oxygens (including phenoxy) is 3. The van der Waals surface area contributed by atoms with Gasteiger partial charge in [0.15, 0.2) is 17.2 Å². The number of fused-ring (bicyclic) bond motifs is 1. The second-order valence-electron chi connectivity index (χ2n) is 7.48. The molecule has 1 heterocycles. The Morgan fingerprint density at radius 3 is 2.23 bits per heavy atom. The van der Waals surface area contributed by atoms with Crippen LogP contribution < -0.4 is 25.1 Å². The molecule has 3 rings (SSSR count). The van der Waals surface area contributed by atoms with Crippen molar-refractivity contribution in [3.8, 4) is 17.2 Å². The van der Waals surface area contributed by atoms with Crippen molar-refractivity contribution in [2.75, 3.05) is 21.3 Å². The Labute approximate surface area is 180 Å². The third-order valence-corrected chi connectivity index (χ3v) is 4.85.